The van der Waals surface area contributed by atoms with Gasteiger partial charge in [-0.05, 0) is 48.5 Å². The number of rotatable bonds is 5. The number of benzene rings is 2. The van der Waals surface area contributed by atoms with Crippen molar-refractivity contribution in [3.63, 3.8) is 0 Å². The van der Waals surface area contributed by atoms with Gasteiger partial charge in [-0.2, -0.15) is 0 Å². The molecule has 3 rings (SSSR count). The Morgan fingerprint density at radius 2 is 1.38 bits per heavy atom. The highest BCUT2D eigenvalue weighted by Gasteiger charge is 2.19. The molecular formula is C17H14FN5O5S. The van der Waals surface area contributed by atoms with Crippen molar-refractivity contribution < 1.29 is 17.6 Å². The number of halogens is 1. The predicted octanol–water partition coefficient (Wildman–Crippen LogP) is 1.65. The van der Waals surface area contributed by atoms with Crippen LogP contribution in [0.25, 0.3) is 0 Å². The maximum atomic E-state index is 12.9. The van der Waals surface area contributed by atoms with Gasteiger partial charge in [-0.15, -0.1) is 0 Å². The Labute approximate surface area is 162 Å². The quantitative estimate of drug-likeness (QED) is 0.426. The number of sulfonamides is 1. The summed E-state index contributed by atoms with van der Waals surface area (Å²) in [7, 11) is -4.24. The Balaban J connectivity index is 1.66. The van der Waals surface area contributed by atoms with Crippen molar-refractivity contribution in [2.24, 2.45) is 0 Å². The number of urea groups is 1. The molecule has 0 saturated heterocycles. The van der Waals surface area contributed by atoms with Crippen LogP contribution in [-0.2, 0) is 10.0 Å². The van der Waals surface area contributed by atoms with E-state index >= 15 is 0 Å². The summed E-state index contributed by atoms with van der Waals surface area (Å²) in [6.07, 6.45) is 0.791. The lowest BCUT2D eigenvalue weighted by atomic mass is 10.3. The fraction of sp³-hybridized carbons (Fsp3) is 0. The largest absolute Gasteiger partial charge is 0.325 e. The summed E-state index contributed by atoms with van der Waals surface area (Å²) in [5.41, 5.74) is -1.02. The fourth-order valence-electron chi connectivity index (χ4n) is 2.26. The van der Waals surface area contributed by atoms with Crippen molar-refractivity contribution >= 4 is 33.1 Å². The molecule has 0 atom stereocenters. The molecule has 1 heterocycles. The minimum Gasteiger partial charge on any atom is -0.313 e. The van der Waals surface area contributed by atoms with Gasteiger partial charge in [-0.1, -0.05) is 0 Å². The summed E-state index contributed by atoms with van der Waals surface area (Å²) >= 11 is 0. The fourth-order valence-corrected chi connectivity index (χ4v) is 3.32. The summed E-state index contributed by atoms with van der Waals surface area (Å²) in [6, 6.07) is 10.2. The molecule has 2 amide bonds. The molecule has 12 heteroatoms. The number of anilines is 3. The summed E-state index contributed by atoms with van der Waals surface area (Å²) < 4.78 is 39.6. The molecular weight excluding hydrogens is 405 g/mol. The second kappa shape index (κ2) is 7.98. The topological polar surface area (TPSA) is 153 Å². The molecule has 10 nitrogen and oxygen atoms in total. The monoisotopic (exact) mass is 419 g/mol. The number of carbonyl (C=O) groups is 1. The van der Waals surface area contributed by atoms with Crippen molar-refractivity contribution in [3.05, 3.63) is 81.4 Å². The van der Waals surface area contributed by atoms with Crippen LogP contribution in [0.3, 0.4) is 0 Å². The second-order valence-corrected chi connectivity index (χ2v) is 7.36. The van der Waals surface area contributed by atoms with Crippen molar-refractivity contribution in [3.8, 4) is 0 Å². The molecule has 0 aliphatic heterocycles. The molecule has 5 N–H and O–H groups in total. The van der Waals surface area contributed by atoms with Gasteiger partial charge >= 0.3 is 11.7 Å². The molecule has 0 bridgehead atoms. The first kappa shape index (κ1) is 19.8. The van der Waals surface area contributed by atoms with Gasteiger partial charge in [0.15, 0.2) is 4.90 Å². The van der Waals surface area contributed by atoms with E-state index in [1.165, 1.54) is 48.5 Å². The average Bonchev–Trinajstić information content (AvgIpc) is 2.64. The van der Waals surface area contributed by atoms with Gasteiger partial charge in [-0.3, -0.25) is 14.5 Å². The van der Waals surface area contributed by atoms with E-state index in [1.54, 1.807) is 0 Å². The third-order valence-electron chi connectivity index (χ3n) is 3.57. The molecule has 29 heavy (non-hydrogen) atoms. The van der Waals surface area contributed by atoms with E-state index in [4.69, 9.17) is 0 Å². The van der Waals surface area contributed by atoms with Gasteiger partial charge in [-0.25, -0.2) is 22.4 Å². The smallest absolute Gasteiger partial charge is 0.313 e. The van der Waals surface area contributed by atoms with Crippen LogP contribution in [0.5, 0.6) is 0 Å². The molecule has 2 aromatic carbocycles. The highest BCUT2D eigenvalue weighted by Crippen LogP contribution is 2.17. The SMILES string of the molecule is O=C(Nc1ccc(F)cc1)Nc1ccc(NS(=O)(=O)c2c[nH]c(=O)[nH]c2=O)cc1. The molecule has 1 aromatic heterocycles. The third-order valence-corrected chi connectivity index (χ3v) is 4.96. The van der Waals surface area contributed by atoms with Crippen LogP contribution in [0.1, 0.15) is 0 Å². The van der Waals surface area contributed by atoms with Gasteiger partial charge in [0.1, 0.15) is 5.82 Å². The third kappa shape index (κ3) is 5.07. The van der Waals surface area contributed by atoms with Gasteiger partial charge in [0.2, 0.25) is 0 Å². The van der Waals surface area contributed by atoms with Crippen molar-refractivity contribution in [2.45, 2.75) is 4.90 Å². The maximum absolute atomic E-state index is 12.9. The molecule has 0 radical (unpaired) electrons. The summed E-state index contributed by atoms with van der Waals surface area (Å²) in [4.78, 5) is 37.8. The highest BCUT2D eigenvalue weighted by atomic mass is 32.2. The van der Waals surface area contributed by atoms with Crippen molar-refractivity contribution in [2.75, 3.05) is 15.4 Å². The first-order valence-corrected chi connectivity index (χ1v) is 9.50. The number of aromatic amines is 2. The zero-order chi connectivity index (χ0) is 21.0. The molecule has 150 valence electrons. The Bertz CT molecular complexity index is 1250. The number of nitrogens with one attached hydrogen (secondary N) is 5. The number of hydrogen-bond donors (Lipinski definition) is 5. The molecule has 0 aliphatic carbocycles. The Morgan fingerprint density at radius 1 is 0.862 bits per heavy atom. The molecule has 0 saturated carbocycles. The van der Waals surface area contributed by atoms with E-state index < -0.39 is 38.0 Å². The number of H-pyrrole nitrogens is 2. The summed E-state index contributed by atoms with van der Waals surface area (Å²) in [5, 5.41) is 5.03. The first-order chi connectivity index (χ1) is 13.7. The molecule has 0 spiro atoms. The second-order valence-electron chi connectivity index (χ2n) is 5.71. The lowest BCUT2D eigenvalue weighted by Gasteiger charge is -2.10. The minimum atomic E-state index is -4.24. The standard InChI is InChI=1S/C17H14FN5O5S/c18-10-1-3-11(4-2-10)20-17(26)21-12-5-7-13(8-6-12)23-29(27,28)14-9-19-16(25)22-15(14)24/h1-9,23H,(H2,20,21,26)(H2,19,22,24,25). The van der Waals surface area contributed by atoms with Crippen LogP contribution in [0, 0.1) is 5.82 Å². The van der Waals surface area contributed by atoms with Crippen LogP contribution in [0.2, 0.25) is 0 Å². The Kier molecular flexibility index (Phi) is 5.45. The van der Waals surface area contributed by atoms with E-state index in [0.29, 0.717) is 11.4 Å². The van der Waals surface area contributed by atoms with Gasteiger partial charge in [0, 0.05) is 23.3 Å². The van der Waals surface area contributed by atoms with E-state index in [9.17, 15) is 27.2 Å². The summed E-state index contributed by atoms with van der Waals surface area (Å²) in [6.45, 7) is 0. The molecule has 0 fully saturated rings. The zero-order valence-electron chi connectivity index (χ0n) is 14.5. The minimum absolute atomic E-state index is 0.125. The average molecular weight is 419 g/mol. The van der Waals surface area contributed by atoms with E-state index in [0.717, 1.165) is 6.20 Å². The van der Waals surface area contributed by atoms with Crippen molar-refractivity contribution in [1.82, 2.24) is 9.97 Å². The van der Waals surface area contributed by atoms with Crippen LogP contribution in [0.15, 0.2) is 69.2 Å². The number of hydrogen-bond acceptors (Lipinski definition) is 5. The first-order valence-electron chi connectivity index (χ1n) is 8.01. The lowest BCUT2D eigenvalue weighted by Crippen LogP contribution is -2.29. The molecule has 0 aliphatic rings. The van der Waals surface area contributed by atoms with Crippen LogP contribution in [-0.4, -0.2) is 24.4 Å². The molecule has 3 aromatic rings. The Hall–Kier alpha value is -3.93. The number of aromatic nitrogens is 2. The maximum Gasteiger partial charge on any atom is 0.325 e. The van der Waals surface area contributed by atoms with E-state index in [2.05, 4.69) is 20.3 Å². The van der Waals surface area contributed by atoms with E-state index in [1.807, 2.05) is 4.98 Å². The lowest BCUT2D eigenvalue weighted by molar-refractivity contribution is 0.262. The van der Waals surface area contributed by atoms with Crippen LogP contribution >= 0.6 is 0 Å². The summed E-state index contributed by atoms with van der Waals surface area (Å²) in [5.74, 6) is -0.433. The number of amides is 2. The normalized spacial score (nSPS) is 10.9. The van der Waals surface area contributed by atoms with Gasteiger partial charge < -0.3 is 15.6 Å². The predicted molar refractivity (Wildman–Crippen MR) is 104 cm³/mol. The van der Waals surface area contributed by atoms with E-state index in [-0.39, 0.29) is 5.69 Å². The highest BCUT2D eigenvalue weighted by molar-refractivity contribution is 7.92. The van der Waals surface area contributed by atoms with Gasteiger partial charge in [0.05, 0.1) is 0 Å². The molecule has 0 unspecified atom stereocenters. The van der Waals surface area contributed by atoms with Crippen LogP contribution < -0.4 is 26.6 Å². The van der Waals surface area contributed by atoms with Crippen molar-refractivity contribution in [1.29, 1.82) is 0 Å². The number of carbonyl (C=O) groups excluding carboxylic acids is 1. The Morgan fingerprint density at radius 3 is 1.93 bits per heavy atom. The van der Waals surface area contributed by atoms with Gasteiger partial charge in [0.25, 0.3) is 15.6 Å². The van der Waals surface area contributed by atoms with Crippen LogP contribution in [0.4, 0.5) is 26.2 Å². The zero-order valence-corrected chi connectivity index (χ0v) is 15.3.